The monoisotopic (exact) mass is 660 g/mol. The number of hydrogen-bond acceptors (Lipinski definition) is 7. The van der Waals surface area contributed by atoms with Crippen LogP contribution < -0.4 is 9.64 Å². The summed E-state index contributed by atoms with van der Waals surface area (Å²) in [4.78, 5) is 20.0. The van der Waals surface area contributed by atoms with Crippen molar-refractivity contribution in [3.8, 4) is 28.5 Å². The standard InChI is InChI=1S/C35H41FN4O4SSi/c1-20(2)46(21(3)4,22(5)6)14-12-23-9-8-10-24-15-25(44-19-43-7)16-26(30(23)24)32-31(36)33-27(17-37-32)34(45-38-33)40-18-29-28(40)11-13-39(29)35(41)42/h8-10,15-17,20-22,28-29H,11,13,18-19H2,1-7H3,(H,41,42)/t28-,29-/m1/s1. The number of benzene rings is 2. The van der Waals surface area contributed by atoms with Gasteiger partial charge in [0.05, 0.1) is 17.5 Å². The molecule has 1 amide bonds. The molecule has 0 spiro atoms. The van der Waals surface area contributed by atoms with Crippen molar-refractivity contribution in [2.75, 3.05) is 31.9 Å². The fraction of sp³-hybridized carbons (Fsp3) is 0.457. The van der Waals surface area contributed by atoms with Crippen LogP contribution in [0.5, 0.6) is 5.75 Å². The van der Waals surface area contributed by atoms with Gasteiger partial charge in [-0.1, -0.05) is 59.6 Å². The van der Waals surface area contributed by atoms with E-state index < -0.39 is 20.0 Å². The Morgan fingerprint density at radius 3 is 2.57 bits per heavy atom. The van der Waals surface area contributed by atoms with Crippen molar-refractivity contribution in [1.29, 1.82) is 0 Å². The Morgan fingerprint density at radius 1 is 1.15 bits per heavy atom. The van der Waals surface area contributed by atoms with E-state index in [-0.39, 0.29) is 30.1 Å². The maximum absolute atomic E-state index is 16.6. The molecule has 11 heteroatoms. The van der Waals surface area contributed by atoms with Gasteiger partial charge < -0.3 is 24.4 Å². The summed E-state index contributed by atoms with van der Waals surface area (Å²) in [5.74, 6) is 3.64. The smallest absolute Gasteiger partial charge is 0.407 e. The number of fused-ring (bicyclic) bond motifs is 3. The molecule has 4 heterocycles. The fourth-order valence-corrected chi connectivity index (χ4v) is 14.0. The first kappa shape index (κ1) is 32.2. The van der Waals surface area contributed by atoms with E-state index in [1.54, 1.807) is 13.3 Å². The zero-order valence-corrected chi connectivity index (χ0v) is 29.2. The summed E-state index contributed by atoms with van der Waals surface area (Å²) in [5, 5.41) is 12.7. The number of ether oxygens (including phenoxy) is 2. The van der Waals surface area contributed by atoms with Gasteiger partial charge in [0.15, 0.2) is 12.6 Å². The molecule has 4 aromatic rings. The Morgan fingerprint density at radius 2 is 1.89 bits per heavy atom. The highest BCUT2D eigenvalue weighted by molar-refractivity contribution is 7.11. The van der Waals surface area contributed by atoms with Gasteiger partial charge in [-0.3, -0.25) is 4.98 Å². The first-order valence-electron chi connectivity index (χ1n) is 15.9. The van der Waals surface area contributed by atoms with Crippen molar-refractivity contribution in [2.24, 2.45) is 0 Å². The number of halogens is 1. The van der Waals surface area contributed by atoms with E-state index in [0.717, 1.165) is 27.8 Å². The average Bonchev–Trinajstić information content (AvgIpc) is 3.57. The molecule has 6 rings (SSSR count). The highest BCUT2D eigenvalue weighted by Crippen LogP contribution is 2.45. The Bertz CT molecular complexity index is 1840. The van der Waals surface area contributed by atoms with E-state index in [9.17, 15) is 9.90 Å². The van der Waals surface area contributed by atoms with Crippen molar-refractivity contribution in [2.45, 2.75) is 76.7 Å². The maximum atomic E-state index is 16.6. The fourth-order valence-electron chi connectivity index (χ4n) is 7.86. The third-order valence-electron chi connectivity index (χ3n) is 10.1. The van der Waals surface area contributed by atoms with Crippen molar-refractivity contribution in [1.82, 2.24) is 14.3 Å². The number of aromatic nitrogens is 2. The molecule has 2 saturated heterocycles. The second kappa shape index (κ2) is 12.5. The largest absolute Gasteiger partial charge is 0.468 e. The van der Waals surface area contributed by atoms with Crippen LogP contribution in [0.25, 0.3) is 32.9 Å². The van der Waals surface area contributed by atoms with Gasteiger partial charge in [-0.2, -0.15) is 4.37 Å². The summed E-state index contributed by atoms with van der Waals surface area (Å²) >= 11 is 1.23. The average molecular weight is 661 g/mol. The molecule has 2 fully saturated rings. The van der Waals surface area contributed by atoms with Crippen LogP contribution in [0, 0.1) is 17.3 Å². The third-order valence-corrected chi connectivity index (χ3v) is 17.3. The summed E-state index contributed by atoms with van der Waals surface area (Å²) in [6, 6.07) is 9.75. The molecule has 0 aliphatic carbocycles. The van der Waals surface area contributed by atoms with Gasteiger partial charge in [0.25, 0.3) is 0 Å². The van der Waals surface area contributed by atoms with E-state index in [4.69, 9.17) is 14.5 Å². The molecule has 2 aliphatic rings. The lowest BCUT2D eigenvalue weighted by Gasteiger charge is -2.46. The van der Waals surface area contributed by atoms with Gasteiger partial charge in [-0.25, -0.2) is 9.18 Å². The number of methoxy groups -OCH3 is 1. The minimum atomic E-state index is -2.04. The second-order valence-corrected chi connectivity index (χ2v) is 19.6. The summed E-state index contributed by atoms with van der Waals surface area (Å²) in [7, 11) is -0.478. The number of anilines is 1. The van der Waals surface area contributed by atoms with E-state index in [1.807, 2.05) is 30.3 Å². The molecule has 2 aromatic heterocycles. The lowest BCUT2D eigenvalue weighted by molar-refractivity contribution is 0.0512. The molecule has 46 heavy (non-hydrogen) atoms. The minimum absolute atomic E-state index is 0.0450. The second-order valence-electron chi connectivity index (χ2n) is 13.3. The zero-order valence-electron chi connectivity index (χ0n) is 27.4. The SMILES string of the molecule is COCOc1cc(-c2ncc3c(N4C[C@@H]5[C@H]4CCN5C(=O)O)snc3c2F)c2c(C#C[Si](C(C)C)(C(C)C)C(C)C)cccc2c1. The van der Waals surface area contributed by atoms with Crippen LogP contribution in [0.1, 0.15) is 53.5 Å². The predicted molar refractivity (Wildman–Crippen MR) is 185 cm³/mol. The zero-order chi connectivity index (χ0) is 32.9. The molecule has 2 aromatic carbocycles. The molecule has 0 radical (unpaired) electrons. The number of carboxylic acid groups (broad SMARTS) is 1. The number of hydrogen-bond donors (Lipinski definition) is 1. The lowest BCUT2D eigenvalue weighted by atomic mass is 9.96. The lowest BCUT2D eigenvalue weighted by Crippen LogP contribution is -2.62. The number of likely N-dealkylation sites (tertiary alicyclic amines) is 1. The van der Waals surface area contributed by atoms with Gasteiger partial charge in [-0.15, -0.1) is 5.54 Å². The maximum Gasteiger partial charge on any atom is 0.407 e. The van der Waals surface area contributed by atoms with Crippen LogP contribution in [0.15, 0.2) is 36.5 Å². The van der Waals surface area contributed by atoms with Crippen molar-refractivity contribution >= 4 is 52.4 Å². The summed E-state index contributed by atoms with van der Waals surface area (Å²) in [6.07, 6.45) is 1.54. The van der Waals surface area contributed by atoms with Gasteiger partial charge in [0.1, 0.15) is 30.0 Å². The molecule has 2 aliphatic heterocycles. The number of amides is 1. The van der Waals surface area contributed by atoms with Crippen LogP contribution in [-0.2, 0) is 4.74 Å². The van der Waals surface area contributed by atoms with Crippen molar-refractivity contribution < 1.29 is 23.8 Å². The number of pyridine rings is 1. The molecule has 1 N–H and O–H groups in total. The molecule has 2 atom stereocenters. The van der Waals surface area contributed by atoms with Crippen LogP contribution in [0.4, 0.5) is 14.2 Å². The minimum Gasteiger partial charge on any atom is -0.468 e. The van der Waals surface area contributed by atoms with Crippen molar-refractivity contribution in [3.63, 3.8) is 0 Å². The highest BCUT2D eigenvalue weighted by atomic mass is 32.1. The van der Waals surface area contributed by atoms with Crippen LogP contribution in [0.3, 0.4) is 0 Å². The Labute approximate surface area is 274 Å². The van der Waals surface area contributed by atoms with Crippen molar-refractivity contribution in [3.05, 3.63) is 47.9 Å². The highest BCUT2D eigenvalue weighted by Gasteiger charge is 2.50. The first-order valence-corrected chi connectivity index (χ1v) is 18.9. The topological polar surface area (TPSA) is 88.0 Å². The summed E-state index contributed by atoms with van der Waals surface area (Å²) in [6.45, 7) is 14.9. The summed E-state index contributed by atoms with van der Waals surface area (Å²) < 4.78 is 32.2. The van der Waals surface area contributed by atoms with Crippen LogP contribution in [-0.4, -0.2) is 72.6 Å². The molecule has 242 valence electrons. The normalized spacial score (nSPS) is 18.0. The predicted octanol–water partition coefficient (Wildman–Crippen LogP) is 8.14. The summed E-state index contributed by atoms with van der Waals surface area (Å²) in [5.41, 5.74) is 7.12. The van der Waals surface area contributed by atoms with Gasteiger partial charge in [0.2, 0.25) is 0 Å². The third kappa shape index (κ3) is 5.20. The van der Waals surface area contributed by atoms with E-state index in [0.29, 0.717) is 46.4 Å². The van der Waals surface area contributed by atoms with E-state index in [1.165, 1.54) is 16.4 Å². The molecular weight excluding hydrogens is 620 g/mol. The van der Waals surface area contributed by atoms with Crippen LogP contribution in [0.2, 0.25) is 16.6 Å². The van der Waals surface area contributed by atoms with Gasteiger partial charge >= 0.3 is 6.09 Å². The molecule has 0 unspecified atom stereocenters. The van der Waals surface area contributed by atoms with Gasteiger partial charge in [0, 0.05) is 42.9 Å². The molecule has 0 saturated carbocycles. The Hall–Kier alpha value is -3.72. The Kier molecular flexibility index (Phi) is 8.74. The molecule has 8 nitrogen and oxygen atoms in total. The number of rotatable bonds is 8. The molecular formula is C35H41FN4O4SSi. The van der Waals surface area contributed by atoms with Gasteiger partial charge in [-0.05, 0) is 58.2 Å². The molecule has 0 bridgehead atoms. The number of nitrogens with zero attached hydrogens (tertiary/aromatic N) is 4. The number of carbonyl (C=O) groups is 1. The van der Waals surface area contributed by atoms with E-state index >= 15 is 4.39 Å². The van der Waals surface area contributed by atoms with Crippen LogP contribution >= 0.6 is 11.5 Å². The Balaban J connectivity index is 1.48. The first-order chi connectivity index (χ1) is 22.0. The van der Waals surface area contributed by atoms with E-state index in [2.05, 4.69) is 62.3 Å². The quantitative estimate of drug-likeness (QED) is 0.116.